The molecule has 0 nitrogen and oxygen atoms in total. The minimum Gasteiger partial charge on any atom is -0.0988 e. The Morgan fingerprint density at radius 2 is 2.11 bits per heavy atom. The van der Waals surface area contributed by atoms with Crippen molar-refractivity contribution in [1.29, 1.82) is 0 Å². The molecule has 0 radical (unpaired) electrons. The van der Waals surface area contributed by atoms with Gasteiger partial charge in [-0.1, -0.05) is 61.9 Å². The molecule has 0 aliphatic heterocycles. The molecule has 0 heteroatoms. The molecule has 1 aromatic carbocycles. The maximum Gasteiger partial charge on any atom is -0.00689 e. The van der Waals surface area contributed by atoms with Crippen molar-refractivity contribution in [3.63, 3.8) is 0 Å². The normalized spacial score (nSPS) is 22.9. The van der Waals surface area contributed by atoms with Gasteiger partial charge in [0.2, 0.25) is 0 Å². The molecule has 1 aromatic rings. The third-order valence-electron chi connectivity index (χ3n) is 4.22. The molecule has 0 N–H and O–H groups in total. The van der Waals surface area contributed by atoms with Gasteiger partial charge < -0.3 is 0 Å². The minimum absolute atomic E-state index is 0.379. The summed E-state index contributed by atoms with van der Waals surface area (Å²) in [5.41, 5.74) is 4.75. The predicted octanol–water partition coefficient (Wildman–Crippen LogP) is 5.23. The zero-order chi connectivity index (χ0) is 13.0. The highest BCUT2D eigenvalue weighted by atomic mass is 14.4. The standard InChI is InChI=1S/C18H24/c1-4-11-18(12-10-16(5-2)13-18)14-17-9-7-6-8-15(17)3/h5-9,13H,2,4,10-12,14H2,1,3H3. The Morgan fingerprint density at radius 3 is 2.72 bits per heavy atom. The van der Waals surface area contributed by atoms with Gasteiger partial charge in [0.15, 0.2) is 0 Å². The second-order valence-electron chi connectivity index (χ2n) is 5.64. The highest BCUT2D eigenvalue weighted by Gasteiger charge is 2.31. The fourth-order valence-corrected chi connectivity index (χ4v) is 3.20. The van der Waals surface area contributed by atoms with Gasteiger partial charge in [0.05, 0.1) is 0 Å². The molecule has 96 valence electrons. The summed E-state index contributed by atoms with van der Waals surface area (Å²) in [6.45, 7) is 8.44. The Labute approximate surface area is 111 Å². The summed E-state index contributed by atoms with van der Waals surface area (Å²) in [4.78, 5) is 0. The van der Waals surface area contributed by atoms with Crippen LogP contribution in [0.2, 0.25) is 0 Å². The molecule has 18 heavy (non-hydrogen) atoms. The van der Waals surface area contributed by atoms with Crippen molar-refractivity contribution in [3.05, 3.63) is 59.7 Å². The second-order valence-corrected chi connectivity index (χ2v) is 5.64. The molecule has 0 amide bonds. The first-order chi connectivity index (χ1) is 8.69. The average molecular weight is 240 g/mol. The number of hydrogen-bond donors (Lipinski definition) is 0. The summed E-state index contributed by atoms with van der Waals surface area (Å²) >= 11 is 0. The van der Waals surface area contributed by atoms with Crippen LogP contribution in [0.25, 0.3) is 0 Å². The maximum atomic E-state index is 3.92. The lowest BCUT2D eigenvalue weighted by molar-refractivity contribution is 0.337. The monoisotopic (exact) mass is 240 g/mol. The SMILES string of the molecule is C=CC1=CC(CCC)(Cc2ccccc2C)CC1. The molecule has 1 unspecified atom stereocenters. The molecular weight excluding hydrogens is 216 g/mol. The van der Waals surface area contributed by atoms with Gasteiger partial charge in [0.25, 0.3) is 0 Å². The van der Waals surface area contributed by atoms with Gasteiger partial charge >= 0.3 is 0 Å². The molecule has 1 aliphatic rings. The molecule has 0 saturated carbocycles. The van der Waals surface area contributed by atoms with E-state index < -0.39 is 0 Å². The van der Waals surface area contributed by atoms with Gasteiger partial charge in [0, 0.05) is 0 Å². The molecule has 0 aromatic heterocycles. The lowest BCUT2D eigenvalue weighted by Gasteiger charge is -2.28. The molecule has 0 fully saturated rings. The van der Waals surface area contributed by atoms with Crippen LogP contribution in [0, 0.1) is 12.3 Å². The predicted molar refractivity (Wildman–Crippen MR) is 79.7 cm³/mol. The van der Waals surface area contributed by atoms with Crippen LogP contribution in [-0.4, -0.2) is 0 Å². The fourth-order valence-electron chi connectivity index (χ4n) is 3.20. The smallest absolute Gasteiger partial charge is 0.00689 e. The third-order valence-corrected chi connectivity index (χ3v) is 4.22. The van der Waals surface area contributed by atoms with Crippen LogP contribution in [0.5, 0.6) is 0 Å². The summed E-state index contributed by atoms with van der Waals surface area (Å²) in [6.07, 6.45) is 10.8. The Balaban J connectivity index is 2.25. The highest BCUT2D eigenvalue weighted by Crippen LogP contribution is 2.43. The van der Waals surface area contributed by atoms with Crippen LogP contribution in [0.3, 0.4) is 0 Å². The molecule has 2 rings (SSSR count). The third kappa shape index (κ3) is 2.75. The van der Waals surface area contributed by atoms with Crippen LogP contribution in [0.4, 0.5) is 0 Å². The first-order valence-electron chi connectivity index (χ1n) is 7.08. The van der Waals surface area contributed by atoms with Gasteiger partial charge in [0.1, 0.15) is 0 Å². The van der Waals surface area contributed by atoms with E-state index in [-0.39, 0.29) is 0 Å². The largest absolute Gasteiger partial charge is 0.0988 e. The maximum absolute atomic E-state index is 3.92. The van der Waals surface area contributed by atoms with E-state index in [4.69, 9.17) is 0 Å². The van der Waals surface area contributed by atoms with Crippen molar-refractivity contribution in [2.75, 3.05) is 0 Å². The van der Waals surface area contributed by atoms with Crippen LogP contribution in [0.1, 0.15) is 43.7 Å². The van der Waals surface area contributed by atoms with Crippen LogP contribution < -0.4 is 0 Å². The lowest BCUT2D eigenvalue weighted by Crippen LogP contribution is -2.18. The van der Waals surface area contributed by atoms with E-state index in [1.165, 1.54) is 48.8 Å². The Bertz CT molecular complexity index is 453. The van der Waals surface area contributed by atoms with E-state index in [9.17, 15) is 0 Å². The highest BCUT2D eigenvalue weighted by molar-refractivity contribution is 5.32. The Morgan fingerprint density at radius 1 is 1.33 bits per heavy atom. The van der Waals surface area contributed by atoms with E-state index in [2.05, 4.69) is 50.8 Å². The summed E-state index contributed by atoms with van der Waals surface area (Å²) in [6, 6.07) is 8.80. The summed E-state index contributed by atoms with van der Waals surface area (Å²) in [5.74, 6) is 0. The molecular formula is C18H24. The number of rotatable bonds is 5. The van der Waals surface area contributed by atoms with Crippen molar-refractivity contribution >= 4 is 0 Å². The molecule has 1 aliphatic carbocycles. The average Bonchev–Trinajstić information content (AvgIpc) is 2.76. The summed E-state index contributed by atoms with van der Waals surface area (Å²) in [5, 5.41) is 0. The van der Waals surface area contributed by atoms with Gasteiger partial charge in [-0.2, -0.15) is 0 Å². The molecule has 0 saturated heterocycles. The van der Waals surface area contributed by atoms with Crippen molar-refractivity contribution in [2.24, 2.45) is 5.41 Å². The number of benzene rings is 1. The van der Waals surface area contributed by atoms with Crippen molar-refractivity contribution in [3.8, 4) is 0 Å². The topological polar surface area (TPSA) is 0 Å². The van der Waals surface area contributed by atoms with Crippen LogP contribution in [-0.2, 0) is 6.42 Å². The first-order valence-corrected chi connectivity index (χ1v) is 7.08. The zero-order valence-corrected chi connectivity index (χ0v) is 11.7. The first kappa shape index (κ1) is 13.1. The molecule has 0 bridgehead atoms. The van der Waals surface area contributed by atoms with E-state index in [1.54, 1.807) is 0 Å². The lowest BCUT2D eigenvalue weighted by atomic mass is 9.77. The van der Waals surface area contributed by atoms with Crippen molar-refractivity contribution in [1.82, 2.24) is 0 Å². The van der Waals surface area contributed by atoms with Crippen molar-refractivity contribution < 1.29 is 0 Å². The van der Waals surface area contributed by atoms with E-state index in [1.807, 2.05) is 6.08 Å². The summed E-state index contributed by atoms with van der Waals surface area (Å²) in [7, 11) is 0. The Hall–Kier alpha value is -1.30. The molecule has 1 atom stereocenters. The van der Waals surface area contributed by atoms with Gasteiger partial charge in [-0.3, -0.25) is 0 Å². The number of aryl methyl sites for hydroxylation is 1. The van der Waals surface area contributed by atoms with E-state index in [0.29, 0.717) is 5.41 Å². The van der Waals surface area contributed by atoms with Crippen LogP contribution >= 0.6 is 0 Å². The van der Waals surface area contributed by atoms with Gasteiger partial charge in [-0.15, -0.1) is 0 Å². The molecule has 0 heterocycles. The zero-order valence-electron chi connectivity index (χ0n) is 11.7. The fraction of sp³-hybridized carbons (Fsp3) is 0.444. The van der Waals surface area contributed by atoms with E-state index in [0.717, 1.165) is 0 Å². The van der Waals surface area contributed by atoms with Crippen LogP contribution in [0.15, 0.2) is 48.6 Å². The molecule has 0 spiro atoms. The van der Waals surface area contributed by atoms with E-state index >= 15 is 0 Å². The minimum atomic E-state index is 0.379. The Kier molecular flexibility index (Phi) is 4.06. The van der Waals surface area contributed by atoms with Gasteiger partial charge in [-0.05, 0) is 49.1 Å². The number of allylic oxidation sites excluding steroid dienone is 3. The summed E-state index contributed by atoms with van der Waals surface area (Å²) < 4.78 is 0. The number of hydrogen-bond acceptors (Lipinski definition) is 0. The second kappa shape index (κ2) is 5.56. The van der Waals surface area contributed by atoms with Gasteiger partial charge in [-0.25, -0.2) is 0 Å². The quantitative estimate of drug-likeness (QED) is 0.661. The van der Waals surface area contributed by atoms with Crippen molar-refractivity contribution in [2.45, 2.75) is 46.0 Å².